The molecule has 1 heterocycles. The van der Waals surface area contributed by atoms with Crippen molar-refractivity contribution < 1.29 is 19.1 Å². The molecule has 5 heteroatoms. The van der Waals surface area contributed by atoms with E-state index in [9.17, 15) is 9.59 Å². The van der Waals surface area contributed by atoms with E-state index in [4.69, 9.17) is 9.47 Å². The normalized spacial score (nSPS) is 20.8. The zero-order chi connectivity index (χ0) is 19.4. The van der Waals surface area contributed by atoms with Crippen molar-refractivity contribution in [1.29, 1.82) is 0 Å². The number of nitrogens with zero attached hydrogens (tertiary/aromatic N) is 1. The van der Waals surface area contributed by atoms with E-state index in [2.05, 4.69) is 0 Å². The Balaban J connectivity index is 1.62. The lowest BCUT2D eigenvalue weighted by Gasteiger charge is -2.36. The fourth-order valence-electron chi connectivity index (χ4n) is 3.32. The molecule has 1 saturated heterocycles. The van der Waals surface area contributed by atoms with Crippen LogP contribution in [0.3, 0.4) is 0 Å². The highest BCUT2D eigenvalue weighted by Crippen LogP contribution is 2.20. The van der Waals surface area contributed by atoms with E-state index in [1.54, 1.807) is 24.0 Å². The van der Waals surface area contributed by atoms with Crippen molar-refractivity contribution in [2.45, 2.75) is 39.1 Å². The number of carbonyl (C=O) groups is 2. The number of amides is 1. The first-order valence-electron chi connectivity index (χ1n) is 9.24. The Kier molecular flexibility index (Phi) is 5.91. The molecule has 1 aliphatic heterocycles. The molecule has 27 heavy (non-hydrogen) atoms. The van der Waals surface area contributed by atoms with Crippen LogP contribution in [0, 0.1) is 0 Å². The highest BCUT2D eigenvalue weighted by molar-refractivity contribution is 5.92. The van der Waals surface area contributed by atoms with Crippen LogP contribution in [0.1, 0.15) is 31.1 Å². The summed E-state index contributed by atoms with van der Waals surface area (Å²) >= 11 is 0. The molecule has 1 amide bonds. The lowest BCUT2D eigenvalue weighted by molar-refractivity contribution is -0.151. The van der Waals surface area contributed by atoms with E-state index < -0.39 is 12.1 Å². The standard InChI is InChI=1S/C22H25NO4/c1-15-13-23(14-16(2)26-15)21(24)17(3)27-22(25)20-11-9-19(10-12-20)18-7-5-4-6-8-18/h4-12,15-17H,13-14H2,1-3H3/t15-,16-,17+/m0/s1. The summed E-state index contributed by atoms with van der Waals surface area (Å²) in [6.45, 7) is 6.50. The maximum atomic E-state index is 12.6. The summed E-state index contributed by atoms with van der Waals surface area (Å²) in [6, 6.07) is 17.1. The molecule has 0 radical (unpaired) electrons. The van der Waals surface area contributed by atoms with Gasteiger partial charge < -0.3 is 14.4 Å². The van der Waals surface area contributed by atoms with Crippen LogP contribution >= 0.6 is 0 Å². The molecule has 0 bridgehead atoms. The fraction of sp³-hybridized carbons (Fsp3) is 0.364. The van der Waals surface area contributed by atoms with Gasteiger partial charge in [-0.05, 0) is 44.0 Å². The molecule has 1 fully saturated rings. The third-order valence-electron chi connectivity index (χ3n) is 4.59. The Bertz CT molecular complexity index is 778. The summed E-state index contributed by atoms with van der Waals surface area (Å²) in [6.07, 6.45) is -0.874. The Hall–Kier alpha value is -2.66. The summed E-state index contributed by atoms with van der Waals surface area (Å²) in [5.41, 5.74) is 2.53. The number of benzene rings is 2. The zero-order valence-electron chi connectivity index (χ0n) is 15.9. The van der Waals surface area contributed by atoms with Crippen molar-refractivity contribution in [1.82, 2.24) is 4.90 Å². The van der Waals surface area contributed by atoms with E-state index in [1.807, 2.05) is 56.3 Å². The van der Waals surface area contributed by atoms with Gasteiger partial charge in [0.05, 0.1) is 17.8 Å². The maximum absolute atomic E-state index is 12.6. The van der Waals surface area contributed by atoms with Gasteiger partial charge in [0, 0.05) is 13.1 Å². The summed E-state index contributed by atoms with van der Waals surface area (Å²) < 4.78 is 11.0. The lowest BCUT2D eigenvalue weighted by atomic mass is 10.0. The van der Waals surface area contributed by atoms with Crippen molar-refractivity contribution in [2.24, 2.45) is 0 Å². The molecule has 2 aromatic carbocycles. The first-order chi connectivity index (χ1) is 12.9. The summed E-state index contributed by atoms with van der Waals surface area (Å²) in [5.74, 6) is -0.684. The molecule has 0 unspecified atom stereocenters. The van der Waals surface area contributed by atoms with E-state index in [0.29, 0.717) is 18.7 Å². The van der Waals surface area contributed by atoms with Crippen LogP contribution in [-0.4, -0.2) is 48.2 Å². The van der Waals surface area contributed by atoms with Crippen molar-refractivity contribution in [3.05, 3.63) is 60.2 Å². The number of esters is 1. The highest BCUT2D eigenvalue weighted by Gasteiger charge is 2.30. The van der Waals surface area contributed by atoms with Gasteiger partial charge in [0.2, 0.25) is 0 Å². The first-order valence-corrected chi connectivity index (χ1v) is 9.24. The Morgan fingerprint density at radius 3 is 2.11 bits per heavy atom. The number of carbonyl (C=O) groups excluding carboxylic acids is 2. The summed E-state index contributed by atoms with van der Waals surface area (Å²) in [4.78, 5) is 26.7. The average Bonchev–Trinajstić information content (AvgIpc) is 2.67. The van der Waals surface area contributed by atoms with Crippen LogP contribution in [0.2, 0.25) is 0 Å². The van der Waals surface area contributed by atoms with E-state index in [-0.39, 0.29) is 18.1 Å². The van der Waals surface area contributed by atoms with Gasteiger partial charge in [-0.2, -0.15) is 0 Å². The first kappa shape index (κ1) is 19.1. The number of ether oxygens (including phenoxy) is 2. The quantitative estimate of drug-likeness (QED) is 0.776. The van der Waals surface area contributed by atoms with Crippen molar-refractivity contribution >= 4 is 11.9 Å². The van der Waals surface area contributed by atoms with Gasteiger partial charge >= 0.3 is 5.97 Å². The molecule has 3 rings (SSSR count). The molecular formula is C22H25NO4. The Labute approximate surface area is 159 Å². The molecular weight excluding hydrogens is 342 g/mol. The van der Waals surface area contributed by atoms with Gasteiger partial charge in [0.15, 0.2) is 6.10 Å². The van der Waals surface area contributed by atoms with Gasteiger partial charge in [-0.25, -0.2) is 4.79 Å². The molecule has 5 nitrogen and oxygen atoms in total. The molecule has 3 atom stereocenters. The number of rotatable bonds is 4. The molecule has 0 N–H and O–H groups in total. The largest absolute Gasteiger partial charge is 0.449 e. The van der Waals surface area contributed by atoms with Gasteiger partial charge in [0.1, 0.15) is 0 Å². The second-order valence-corrected chi connectivity index (χ2v) is 6.99. The minimum atomic E-state index is -0.830. The van der Waals surface area contributed by atoms with E-state index in [0.717, 1.165) is 11.1 Å². The smallest absolute Gasteiger partial charge is 0.338 e. The van der Waals surface area contributed by atoms with Gasteiger partial charge in [-0.3, -0.25) is 4.79 Å². The molecule has 0 aromatic heterocycles. The molecule has 1 aliphatic rings. The second kappa shape index (κ2) is 8.35. The predicted octanol–water partition coefficient (Wildman–Crippen LogP) is 3.53. The Morgan fingerprint density at radius 1 is 0.963 bits per heavy atom. The van der Waals surface area contributed by atoms with Crippen LogP contribution in [-0.2, 0) is 14.3 Å². The molecule has 0 spiro atoms. The van der Waals surface area contributed by atoms with Crippen molar-refractivity contribution in [3.8, 4) is 11.1 Å². The molecule has 0 aliphatic carbocycles. The van der Waals surface area contributed by atoms with E-state index >= 15 is 0 Å². The van der Waals surface area contributed by atoms with Crippen LogP contribution in [0.15, 0.2) is 54.6 Å². The zero-order valence-corrected chi connectivity index (χ0v) is 15.9. The van der Waals surface area contributed by atoms with Crippen LogP contribution in [0.4, 0.5) is 0 Å². The van der Waals surface area contributed by atoms with Crippen LogP contribution in [0.5, 0.6) is 0 Å². The van der Waals surface area contributed by atoms with Gasteiger partial charge in [-0.15, -0.1) is 0 Å². The minimum Gasteiger partial charge on any atom is -0.449 e. The third kappa shape index (κ3) is 4.74. The third-order valence-corrected chi connectivity index (χ3v) is 4.59. The number of hydrogen-bond acceptors (Lipinski definition) is 4. The highest BCUT2D eigenvalue weighted by atomic mass is 16.5. The molecule has 2 aromatic rings. The minimum absolute atomic E-state index is 0.0221. The van der Waals surface area contributed by atoms with E-state index in [1.165, 1.54) is 0 Å². The summed E-state index contributed by atoms with van der Waals surface area (Å²) in [7, 11) is 0. The predicted molar refractivity (Wildman–Crippen MR) is 103 cm³/mol. The lowest BCUT2D eigenvalue weighted by Crippen LogP contribution is -2.51. The van der Waals surface area contributed by atoms with Gasteiger partial charge in [0.25, 0.3) is 5.91 Å². The molecule has 0 saturated carbocycles. The van der Waals surface area contributed by atoms with Crippen LogP contribution < -0.4 is 0 Å². The van der Waals surface area contributed by atoms with Crippen LogP contribution in [0.25, 0.3) is 11.1 Å². The van der Waals surface area contributed by atoms with Crippen molar-refractivity contribution in [3.63, 3.8) is 0 Å². The maximum Gasteiger partial charge on any atom is 0.338 e. The topological polar surface area (TPSA) is 55.8 Å². The SMILES string of the molecule is C[C@H]1CN(C(=O)[C@@H](C)OC(=O)c2ccc(-c3ccccc3)cc2)C[C@H](C)O1. The van der Waals surface area contributed by atoms with Gasteiger partial charge in [-0.1, -0.05) is 42.5 Å². The number of morpholine rings is 1. The summed E-state index contributed by atoms with van der Waals surface area (Å²) in [5, 5.41) is 0. The number of hydrogen-bond donors (Lipinski definition) is 0. The van der Waals surface area contributed by atoms with Crippen molar-refractivity contribution in [2.75, 3.05) is 13.1 Å². The monoisotopic (exact) mass is 367 g/mol. The second-order valence-electron chi connectivity index (χ2n) is 6.99. The average molecular weight is 367 g/mol. The molecule has 142 valence electrons. The fourth-order valence-corrected chi connectivity index (χ4v) is 3.32. The Morgan fingerprint density at radius 2 is 1.52 bits per heavy atom.